The Morgan fingerprint density at radius 3 is 2.96 bits per heavy atom. The Kier molecular flexibility index (Phi) is 3.90. The molecule has 2 heterocycles. The third-order valence-corrected chi connectivity index (χ3v) is 4.78. The number of hydrogen-bond donors (Lipinski definition) is 3. The van der Waals surface area contributed by atoms with E-state index in [0.29, 0.717) is 23.9 Å². The molecule has 6 heteroatoms. The number of aromatic amines is 1. The smallest absolute Gasteiger partial charge is 0.227 e. The van der Waals surface area contributed by atoms with E-state index in [0.717, 1.165) is 11.3 Å². The number of nitrogens with one attached hydrogen (secondary N) is 1. The highest BCUT2D eigenvalue weighted by Crippen LogP contribution is 2.27. The zero-order chi connectivity index (χ0) is 16.8. The Labute approximate surface area is 133 Å². The van der Waals surface area contributed by atoms with E-state index in [9.17, 15) is 19.4 Å². The minimum atomic E-state index is -1.16. The molecule has 3 N–H and O–H groups in total. The Hall–Kier alpha value is -1.92. The molecule has 1 amide bonds. The number of rotatable bonds is 2. The monoisotopic (exact) mass is 320 g/mol. The summed E-state index contributed by atoms with van der Waals surface area (Å²) in [4.78, 5) is 17.1. The maximum absolute atomic E-state index is 13.8. The highest BCUT2D eigenvalue weighted by Gasteiger charge is 2.37. The molecule has 0 aliphatic carbocycles. The molecule has 1 aromatic heterocycles. The van der Waals surface area contributed by atoms with Gasteiger partial charge in [-0.2, -0.15) is 0 Å². The van der Waals surface area contributed by atoms with Crippen molar-refractivity contribution in [3.05, 3.63) is 35.3 Å². The number of likely N-dealkylation sites (tertiary alicyclic amines) is 1. The number of carbonyl (C=O) groups excluding carboxylic acids is 1. The normalized spacial score (nSPS) is 25.1. The van der Waals surface area contributed by atoms with E-state index in [-0.39, 0.29) is 24.7 Å². The minimum absolute atomic E-state index is 0.113. The molecule has 23 heavy (non-hydrogen) atoms. The molecular formula is C17H21FN2O3. The van der Waals surface area contributed by atoms with Crippen LogP contribution in [0.15, 0.2) is 18.2 Å². The van der Waals surface area contributed by atoms with Gasteiger partial charge in [0.2, 0.25) is 5.91 Å². The highest BCUT2D eigenvalue weighted by atomic mass is 19.1. The van der Waals surface area contributed by atoms with Crippen LogP contribution in [0.2, 0.25) is 0 Å². The van der Waals surface area contributed by atoms with Crippen molar-refractivity contribution in [2.24, 2.45) is 0 Å². The van der Waals surface area contributed by atoms with Gasteiger partial charge in [-0.1, -0.05) is 12.1 Å². The zero-order valence-electron chi connectivity index (χ0n) is 13.3. The van der Waals surface area contributed by atoms with Crippen LogP contribution in [0, 0.1) is 12.7 Å². The molecule has 2 aromatic rings. The summed E-state index contributed by atoms with van der Waals surface area (Å²) in [5.41, 5.74) is 0.796. The Balaban J connectivity index is 1.82. The topological polar surface area (TPSA) is 76.6 Å². The van der Waals surface area contributed by atoms with Gasteiger partial charge in [0.15, 0.2) is 0 Å². The number of amides is 1. The lowest BCUT2D eigenvalue weighted by Gasteiger charge is -2.40. The quantitative estimate of drug-likeness (QED) is 0.785. The minimum Gasteiger partial charge on any atom is -0.388 e. The first-order valence-corrected chi connectivity index (χ1v) is 7.73. The molecule has 1 aliphatic heterocycles. The van der Waals surface area contributed by atoms with Crippen molar-refractivity contribution >= 4 is 16.8 Å². The van der Waals surface area contributed by atoms with Crippen molar-refractivity contribution in [2.45, 2.75) is 38.4 Å². The van der Waals surface area contributed by atoms with E-state index in [4.69, 9.17) is 0 Å². The first kappa shape index (κ1) is 16.0. The number of piperidine rings is 1. The maximum atomic E-state index is 13.8. The molecule has 124 valence electrons. The second kappa shape index (κ2) is 5.62. The number of aliphatic hydroxyl groups is 2. The molecule has 0 saturated carbocycles. The van der Waals surface area contributed by atoms with E-state index in [1.54, 1.807) is 24.0 Å². The van der Waals surface area contributed by atoms with Crippen LogP contribution in [0.4, 0.5) is 4.39 Å². The summed E-state index contributed by atoms with van der Waals surface area (Å²) in [5, 5.41) is 20.6. The number of aromatic nitrogens is 1. The summed E-state index contributed by atoms with van der Waals surface area (Å²) in [7, 11) is 0. The Morgan fingerprint density at radius 2 is 2.26 bits per heavy atom. The summed E-state index contributed by atoms with van der Waals surface area (Å²) in [6.45, 7) is 3.91. The van der Waals surface area contributed by atoms with Crippen molar-refractivity contribution in [3.63, 3.8) is 0 Å². The summed E-state index contributed by atoms with van der Waals surface area (Å²) in [6.07, 6.45) is -0.479. The lowest BCUT2D eigenvalue weighted by molar-refractivity contribution is -0.145. The number of β-amino-alcohol motifs (C(OH)–C–C–N with tert-alkyl or cyclic N) is 1. The predicted molar refractivity (Wildman–Crippen MR) is 84.5 cm³/mol. The lowest BCUT2D eigenvalue weighted by Crippen LogP contribution is -2.55. The molecular weight excluding hydrogens is 299 g/mol. The predicted octanol–water partition coefficient (Wildman–Crippen LogP) is 1.50. The fourth-order valence-electron chi connectivity index (χ4n) is 3.11. The van der Waals surface area contributed by atoms with E-state index in [1.165, 1.54) is 6.07 Å². The van der Waals surface area contributed by atoms with Crippen molar-refractivity contribution in [2.75, 3.05) is 13.1 Å². The van der Waals surface area contributed by atoms with Crippen LogP contribution in [0.1, 0.15) is 24.6 Å². The van der Waals surface area contributed by atoms with Crippen LogP contribution in [0.25, 0.3) is 10.9 Å². The summed E-state index contributed by atoms with van der Waals surface area (Å²) >= 11 is 0. The first-order valence-electron chi connectivity index (χ1n) is 7.73. The second-order valence-corrected chi connectivity index (χ2v) is 6.53. The van der Waals surface area contributed by atoms with Crippen molar-refractivity contribution < 1.29 is 19.4 Å². The van der Waals surface area contributed by atoms with Gasteiger partial charge in [-0.05, 0) is 31.9 Å². The van der Waals surface area contributed by atoms with Gasteiger partial charge in [-0.15, -0.1) is 0 Å². The van der Waals surface area contributed by atoms with Crippen LogP contribution in [0.5, 0.6) is 0 Å². The molecule has 1 unspecified atom stereocenters. The zero-order valence-corrected chi connectivity index (χ0v) is 13.3. The molecule has 1 aromatic carbocycles. The number of halogens is 1. The molecule has 0 spiro atoms. The summed E-state index contributed by atoms with van der Waals surface area (Å²) in [5.74, 6) is -0.471. The third kappa shape index (κ3) is 2.84. The van der Waals surface area contributed by atoms with E-state index in [2.05, 4.69) is 4.98 Å². The maximum Gasteiger partial charge on any atom is 0.227 e. The van der Waals surface area contributed by atoms with Crippen molar-refractivity contribution in [1.82, 2.24) is 9.88 Å². The molecule has 5 nitrogen and oxygen atoms in total. The van der Waals surface area contributed by atoms with E-state index in [1.807, 2.05) is 6.92 Å². The second-order valence-electron chi connectivity index (χ2n) is 6.53. The van der Waals surface area contributed by atoms with Gasteiger partial charge in [0.05, 0.1) is 23.6 Å². The van der Waals surface area contributed by atoms with Crippen LogP contribution >= 0.6 is 0 Å². The fourth-order valence-corrected chi connectivity index (χ4v) is 3.11. The van der Waals surface area contributed by atoms with Gasteiger partial charge < -0.3 is 20.1 Å². The van der Waals surface area contributed by atoms with Gasteiger partial charge in [0.1, 0.15) is 5.82 Å². The summed E-state index contributed by atoms with van der Waals surface area (Å²) < 4.78 is 13.8. The molecule has 1 aliphatic rings. The number of benzene rings is 1. The number of para-hydroxylation sites is 1. The fraction of sp³-hybridized carbons (Fsp3) is 0.471. The SMILES string of the molecule is Cc1[nH]c2c(F)cccc2c1CC(=O)N1CC[C@@](C)(O)C(O)C1. The van der Waals surface area contributed by atoms with Gasteiger partial charge in [0.25, 0.3) is 0 Å². The van der Waals surface area contributed by atoms with Gasteiger partial charge in [-0.3, -0.25) is 4.79 Å². The number of aryl methyl sites for hydroxylation is 1. The van der Waals surface area contributed by atoms with Crippen LogP contribution < -0.4 is 0 Å². The van der Waals surface area contributed by atoms with Crippen molar-refractivity contribution in [1.29, 1.82) is 0 Å². The van der Waals surface area contributed by atoms with Crippen LogP contribution in [-0.2, 0) is 11.2 Å². The number of hydrogen-bond acceptors (Lipinski definition) is 3. The molecule has 0 radical (unpaired) electrons. The first-order chi connectivity index (χ1) is 10.8. The van der Waals surface area contributed by atoms with Gasteiger partial charge in [-0.25, -0.2) is 4.39 Å². The summed E-state index contributed by atoms with van der Waals surface area (Å²) in [6, 6.07) is 4.80. The number of aliphatic hydroxyl groups excluding tert-OH is 1. The Morgan fingerprint density at radius 1 is 1.52 bits per heavy atom. The van der Waals surface area contributed by atoms with Gasteiger partial charge >= 0.3 is 0 Å². The van der Waals surface area contributed by atoms with Crippen LogP contribution in [-0.4, -0.2) is 50.8 Å². The van der Waals surface area contributed by atoms with Gasteiger partial charge in [0, 0.05) is 24.2 Å². The van der Waals surface area contributed by atoms with E-state index < -0.39 is 11.7 Å². The molecule has 2 atom stereocenters. The number of fused-ring (bicyclic) bond motifs is 1. The molecule has 0 bridgehead atoms. The highest BCUT2D eigenvalue weighted by molar-refractivity contribution is 5.90. The van der Waals surface area contributed by atoms with Crippen molar-refractivity contribution in [3.8, 4) is 0 Å². The third-order valence-electron chi connectivity index (χ3n) is 4.78. The molecule has 1 fully saturated rings. The average molecular weight is 320 g/mol. The molecule has 3 rings (SSSR count). The average Bonchev–Trinajstić information content (AvgIpc) is 2.80. The van der Waals surface area contributed by atoms with E-state index >= 15 is 0 Å². The number of H-pyrrole nitrogens is 1. The lowest BCUT2D eigenvalue weighted by atomic mass is 9.90. The number of nitrogens with zero attached hydrogens (tertiary/aromatic N) is 1. The largest absolute Gasteiger partial charge is 0.388 e. The molecule has 1 saturated heterocycles. The standard InChI is InChI=1S/C17H21FN2O3/c1-10-12(11-4-3-5-13(18)16(11)19-10)8-15(22)20-7-6-17(2,23)14(21)9-20/h3-5,14,19,21,23H,6-9H2,1-2H3/t14?,17-/m1/s1. The Bertz CT molecular complexity index is 754. The van der Waals surface area contributed by atoms with Crippen LogP contribution in [0.3, 0.4) is 0 Å². The number of carbonyl (C=O) groups is 1.